The quantitative estimate of drug-likeness (QED) is 0.407. The zero-order valence-electron chi connectivity index (χ0n) is 19.9. The van der Waals surface area contributed by atoms with Gasteiger partial charge in [-0.25, -0.2) is 0 Å². The number of Topliss-reactive ketones (excluding diaryl/α,β-unsaturated/α-hetero) is 1. The summed E-state index contributed by atoms with van der Waals surface area (Å²) in [5.74, 6) is -0.449. The van der Waals surface area contributed by atoms with Gasteiger partial charge in [-0.1, -0.05) is 48.5 Å². The lowest BCUT2D eigenvalue weighted by molar-refractivity contribution is -0.135. The molecule has 2 fully saturated rings. The fourth-order valence-corrected chi connectivity index (χ4v) is 5.16. The van der Waals surface area contributed by atoms with Crippen LogP contribution < -0.4 is 0 Å². The predicted molar refractivity (Wildman–Crippen MR) is 133 cm³/mol. The molecule has 0 saturated carbocycles. The van der Waals surface area contributed by atoms with Crippen molar-refractivity contribution in [2.45, 2.75) is 25.8 Å². The number of carbonyl (C=O) groups is 3. The number of hydrogen-bond donors (Lipinski definition) is 0. The maximum Gasteiger partial charge on any atom is 0.295 e. The van der Waals surface area contributed by atoms with Crippen LogP contribution in [0.1, 0.15) is 28.8 Å². The van der Waals surface area contributed by atoms with E-state index in [4.69, 9.17) is 4.74 Å². The Morgan fingerprint density at radius 1 is 0.829 bits per heavy atom. The molecule has 0 aliphatic carbocycles. The minimum Gasteiger partial charge on any atom is -0.378 e. The van der Waals surface area contributed by atoms with E-state index in [1.54, 1.807) is 20.6 Å². The van der Waals surface area contributed by atoms with Crippen LogP contribution in [-0.4, -0.2) is 71.4 Å². The van der Waals surface area contributed by atoms with Crippen molar-refractivity contribution < 1.29 is 19.1 Å². The van der Waals surface area contributed by atoms with E-state index >= 15 is 0 Å². The SMILES string of the molecule is O=C(C(=O)N1CCC(Cc2ccccc2)CC1)c1cn(CC(=O)N2CCOCC2)c2ccccc12. The Morgan fingerprint density at radius 3 is 2.26 bits per heavy atom. The first-order valence-corrected chi connectivity index (χ1v) is 12.4. The molecule has 2 aliphatic heterocycles. The van der Waals surface area contributed by atoms with Crippen LogP contribution in [0.2, 0.25) is 0 Å². The molecule has 7 heteroatoms. The number of fused-ring (bicyclic) bond motifs is 1. The zero-order valence-corrected chi connectivity index (χ0v) is 19.9. The van der Waals surface area contributed by atoms with Gasteiger partial charge in [0.25, 0.3) is 11.7 Å². The van der Waals surface area contributed by atoms with Crippen molar-refractivity contribution in [2.75, 3.05) is 39.4 Å². The topological polar surface area (TPSA) is 71.9 Å². The van der Waals surface area contributed by atoms with Gasteiger partial charge >= 0.3 is 0 Å². The van der Waals surface area contributed by atoms with Crippen LogP contribution in [0.5, 0.6) is 0 Å². The number of ether oxygens (including phenoxy) is 1. The van der Waals surface area contributed by atoms with Gasteiger partial charge in [-0.15, -0.1) is 0 Å². The number of hydrogen-bond acceptors (Lipinski definition) is 4. The second-order valence-electron chi connectivity index (χ2n) is 9.44. The number of piperidine rings is 1. The van der Waals surface area contributed by atoms with Gasteiger partial charge in [-0.05, 0) is 36.8 Å². The first kappa shape index (κ1) is 23.3. The summed E-state index contributed by atoms with van der Waals surface area (Å²) in [4.78, 5) is 42.8. The fourth-order valence-electron chi connectivity index (χ4n) is 5.16. The van der Waals surface area contributed by atoms with E-state index in [-0.39, 0.29) is 12.5 Å². The molecular weight excluding hydrogens is 442 g/mol. The number of amides is 2. The normalized spacial score (nSPS) is 17.0. The van der Waals surface area contributed by atoms with Crippen molar-refractivity contribution in [2.24, 2.45) is 5.92 Å². The minimum absolute atomic E-state index is 0.0140. The molecule has 0 bridgehead atoms. The number of aromatic nitrogens is 1. The summed E-state index contributed by atoms with van der Waals surface area (Å²) in [7, 11) is 0. The molecule has 2 amide bonds. The third-order valence-corrected chi connectivity index (χ3v) is 7.17. The van der Waals surface area contributed by atoms with Crippen LogP contribution in [0.25, 0.3) is 10.9 Å². The summed E-state index contributed by atoms with van der Waals surface area (Å²) in [6.45, 7) is 3.54. The van der Waals surface area contributed by atoms with Crippen LogP contribution in [0.4, 0.5) is 0 Å². The number of nitrogens with zero attached hydrogens (tertiary/aromatic N) is 3. The summed E-state index contributed by atoms with van der Waals surface area (Å²) in [5, 5.41) is 0.708. The molecule has 35 heavy (non-hydrogen) atoms. The number of likely N-dealkylation sites (tertiary alicyclic amines) is 1. The van der Waals surface area contributed by atoms with Gasteiger partial charge in [-0.2, -0.15) is 0 Å². The van der Waals surface area contributed by atoms with Gasteiger partial charge in [-0.3, -0.25) is 14.4 Å². The summed E-state index contributed by atoms with van der Waals surface area (Å²) >= 11 is 0. The molecule has 3 aromatic rings. The molecule has 0 radical (unpaired) electrons. The van der Waals surface area contributed by atoms with Crippen LogP contribution >= 0.6 is 0 Å². The average molecular weight is 474 g/mol. The Bertz CT molecular complexity index is 1210. The van der Waals surface area contributed by atoms with Crippen LogP contribution in [0, 0.1) is 5.92 Å². The fraction of sp³-hybridized carbons (Fsp3) is 0.393. The molecule has 0 spiro atoms. The molecule has 0 atom stereocenters. The smallest absolute Gasteiger partial charge is 0.295 e. The molecule has 182 valence electrons. The summed E-state index contributed by atoms with van der Waals surface area (Å²) in [6.07, 6.45) is 4.46. The highest BCUT2D eigenvalue weighted by Crippen LogP contribution is 2.25. The summed E-state index contributed by atoms with van der Waals surface area (Å²) in [6, 6.07) is 17.9. The lowest BCUT2D eigenvalue weighted by Crippen LogP contribution is -2.42. The molecule has 1 aromatic heterocycles. The number of benzene rings is 2. The Morgan fingerprint density at radius 2 is 1.51 bits per heavy atom. The molecule has 0 unspecified atom stereocenters. The third kappa shape index (κ3) is 5.15. The average Bonchev–Trinajstić information content (AvgIpc) is 3.27. The van der Waals surface area contributed by atoms with E-state index in [1.807, 2.05) is 30.3 Å². The van der Waals surface area contributed by atoms with Gasteiger partial charge in [0.2, 0.25) is 5.91 Å². The van der Waals surface area contributed by atoms with Crippen molar-refractivity contribution in [3.8, 4) is 0 Å². The van der Waals surface area contributed by atoms with Crippen molar-refractivity contribution in [3.63, 3.8) is 0 Å². The number of carbonyl (C=O) groups excluding carboxylic acids is 3. The standard InChI is InChI=1S/C28H31N3O4/c32-26(29-14-16-35-17-15-29)20-31-19-24(23-8-4-5-9-25(23)31)27(33)28(34)30-12-10-22(11-13-30)18-21-6-2-1-3-7-21/h1-9,19,22H,10-18,20H2. The van der Waals surface area contributed by atoms with Crippen LogP contribution in [0.15, 0.2) is 60.8 Å². The molecule has 7 nitrogen and oxygen atoms in total. The molecule has 0 N–H and O–H groups in total. The number of ketones is 1. The van der Waals surface area contributed by atoms with Gasteiger partial charge in [0.05, 0.1) is 18.8 Å². The van der Waals surface area contributed by atoms with E-state index in [2.05, 4.69) is 24.3 Å². The minimum atomic E-state index is -0.500. The van der Waals surface area contributed by atoms with Crippen molar-refractivity contribution in [3.05, 3.63) is 71.9 Å². The second-order valence-corrected chi connectivity index (χ2v) is 9.44. The Balaban J connectivity index is 1.27. The monoisotopic (exact) mass is 473 g/mol. The van der Waals surface area contributed by atoms with E-state index in [9.17, 15) is 14.4 Å². The molecule has 2 aromatic carbocycles. The first-order valence-electron chi connectivity index (χ1n) is 12.4. The number of morpholine rings is 1. The zero-order chi connectivity index (χ0) is 24.2. The lowest BCUT2D eigenvalue weighted by Gasteiger charge is -2.31. The highest BCUT2D eigenvalue weighted by molar-refractivity contribution is 6.44. The first-order chi connectivity index (χ1) is 17.1. The van der Waals surface area contributed by atoms with Crippen LogP contribution in [0.3, 0.4) is 0 Å². The number of para-hydroxylation sites is 1. The van der Waals surface area contributed by atoms with E-state index in [1.165, 1.54) is 5.56 Å². The molecule has 2 aliphatic rings. The van der Waals surface area contributed by atoms with Gasteiger partial charge in [0, 0.05) is 43.3 Å². The van der Waals surface area contributed by atoms with E-state index < -0.39 is 11.7 Å². The maximum atomic E-state index is 13.3. The molecule has 5 rings (SSSR count). The molecule has 2 saturated heterocycles. The lowest BCUT2D eigenvalue weighted by atomic mass is 9.90. The van der Waals surface area contributed by atoms with Crippen molar-refractivity contribution >= 4 is 28.5 Å². The molecular formula is C28H31N3O4. The van der Waals surface area contributed by atoms with Gasteiger partial charge < -0.3 is 19.1 Å². The Labute approximate surface area is 205 Å². The van der Waals surface area contributed by atoms with Crippen LogP contribution in [-0.2, 0) is 27.3 Å². The largest absolute Gasteiger partial charge is 0.378 e. The highest BCUT2D eigenvalue weighted by atomic mass is 16.5. The summed E-state index contributed by atoms with van der Waals surface area (Å²) in [5.41, 5.74) is 2.46. The van der Waals surface area contributed by atoms with Gasteiger partial charge in [0.15, 0.2) is 0 Å². The van der Waals surface area contributed by atoms with Gasteiger partial charge in [0.1, 0.15) is 6.54 Å². The highest BCUT2D eigenvalue weighted by Gasteiger charge is 2.30. The maximum absolute atomic E-state index is 13.3. The summed E-state index contributed by atoms with van der Waals surface area (Å²) < 4.78 is 7.13. The van der Waals surface area contributed by atoms with Crippen molar-refractivity contribution in [1.82, 2.24) is 14.4 Å². The number of rotatable bonds is 6. The van der Waals surface area contributed by atoms with Crippen molar-refractivity contribution in [1.29, 1.82) is 0 Å². The Kier molecular flexibility index (Phi) is 6.95. The van der Waals surface area contributed by atoms with E-state index in [0.29, 0.717) is 56.3 Å². The predicted octanol–water partition coefficient (Wildman–Crippen LogP) is 3.16. The van der Waals surface area contributed by atoms with E-state index in [0.717, 1.165) is 24.8 Å². The third-order valence-electron chi connectivity index (χ3n) is 7.17. The second kappa shape index (κ2) is 10.4. The Hall–Kier alpha value is -3.45. The molecule has 3 heterocycles.